The molecule has 0 spiro atoms. The molecule has 180 valence electrons. The standard InChI is InChI=1S/C27H35N5O2/c1-3-29-13-10-23(11-14-29)21-5-7-22(8-6-21)24-19-26-25(9-12-28-32(26)20-24)30-15-17-31(18-16-30)27(33)34-4-2/h5-9,12,19-20,23H,3-4,10-11,13-18H2,1-2H3. The number of carbonyl (C=O) groups excluding carboxylic acids is 1. The van der Waals surface area contributed by atoms with Crippen LogP contribution in [0.15, 0.2) is 48.8 Å². The van der Waals surface area contributed by atoms with Crippen molar-refractivity contribution in [3.63, 3.8) is 0 Å². The molecule has 0 radical (unpaired) electrons. The number of ether oxygens (including phenoxy) is 1. The van der Waals surface area contributed by atoms with Crippen molar-refractivity contribution in [1.82, 2.24) is 19.4 Å². The molecular weight excluding hydrogens is 426 g/mol. The van der Waals surface area contributed by atoms with E-state index < -0.39 is 0 Å². The van der Waals surface area contributed by atoms with Gasteiger partial charge in [0.25, 0.3) is 0 Å². The normalized spacial score (nSPS) is 17.9. The zero-order chi connectivity index (χ0) is 23.5. The molecular formula is C27H35N5O2. The summed E-state index contributed by atoms with van der Waals surface area (Å²) < 4.78 is 7.12. The molecule has 4 heterocycles. The lowest BCUT2D eigenvalue weighted by atomic mass is 9.88. The van der Waals surface area contributed by atoms with Crippen LogP contribution in [0.2, 0.25) is 0 Å². The highest BCUT2D eigenvalue weighted by Gasteiger charge is 2.24. The van der Waals surface area contributed by atoms with E-state index in [1.54, 1.807) is 4.90 Å². The first kappa shape index (κ1) is 22.7. The predicted octanol–water partition coefficient (Wildman–Crippen LogP) is 4.48. The van der Waals surface area contributed by atoms with Gasteiger partial charge in [-0.25, -0.2) is 9.31 Å². The molecule has 2 fully saturated rings. The summed E-state index contributed by atoms with van der Waals surface area (Å²) in [7, 11) is 0. The molecule has 3 aromatic rings. The minimum Gasteiger partial charge on any atom is -0.450 e. The molecule has 0 aliphatic carbocycles. The molecule has 2 aromatic heterocycles. The van der Waals surface area contributed by atoms with Crippen molar-refractivity contribution >= 4 is 17.3 Å². The van der Waals surface area contributed by atoms with Gasteiger partial charge in [-0.3, -0.25) is 0 Å². The average Bonchev–Trinajstić information content (AvgIpc) is 3.34. The van der Waals surface area contributed by atoms with E-state index in [1.807, 2.05) is 17.6 Å². The summed E-state index contributed by atoms with van der Waals surface area (Å²) in [6, 6.07) is 13.4. The third-order valence-electron chi connectivity index (χ3n) is 7.38. The second kappa shape index (κ2) is 10.1. The summed E-state index contributed by atoms with van der Waals surface area (Å²) in [6.45, 7) is 11.0. The Morgan fingerprint density at radius 2 is 1.71 bits per heavy atom. The monoisotopic (exact) mass is 461 g/mol. The lowest BCUT2D eigenvalue weighted by Gasteiger charge is -2.35. The maximum atomic E-state index is 12.0. The number of hydrogen-bond acceptors (Lipinski definition) is 5. The van der Waals surface area contributed by atoms with Gasteiger partial charge in [-0.1, -0.05) is 31.2 Å². The quantitative estimate of drug-likeness (QED) is 0.561. The Bertz CT molecular complexity index is 1110. The maximum Gasteiger partial charge on any atom is 0.409 e. The molecule has 0 saturated carbocycles. The van der Waals surface area contributed by atoms with Crippen LogP contribution < -0.4 is 4.90 Å². The summed E-state index contributed by atoms with van der Waals surface area (Å²) >= 11 is 0. The summed E-state index contributed by atoms with van der Waals surface area (Å²) in [5.41, 5.74) is 6.11. The van der Waals surface area contributed by atoms with Crippen molar-refractivity contribution in [2.24, 2.45) is 0 Å². The molecule has 1 aromatic carbocycles. The van der Waals surface area contributed by atoms with E-state index >= 15 is 0 Å². The van der Waals surface area contributed by atoms with Crippen molar-refractivity contribution in [2.75, 3.05) is 57.3 Å². The van der Waals surface area contributed by atoms with E-state index in [9.17, 15) is 4.79 Å². The smallest absolute Gasteiger partial charge is 0.409 e. The van der Waals surface area contributed by atoms with Crippen molar-refractivity contribution in [1.29, 1.82) is 0 Å². The van der Waals surface area contributed by atoms with Crippen molar-refractivity contribution in [3.05, 3.63) is 54.4 Å². The summed E-state index contributed by atoms with van der Waals surface area (Å²) in [5, 5.41) is 4.56. The molecule has 2 aliphatic heterocycles. The fourth-order valence-corrected chi connectivity index (χ4v) is 5.30. The lowest BCUT2D eigenvalue weighted by molar-refractivity contribution is 0.105. The van der Waals surface area contributed by atoms with Gasteiger partial charge < -0.3 is 19.4 Å². The van der Waals surface area contributed by atoms with Crippen LogP contribution in [0.5, 0.6) is 0 Å². The molecule has 7 heteroatoms. The SMILES string of the molecule is CCOC(=O)N1CCN(c2ccnn3cc(-c4ccc(C5CCN(CC)CC5)cc4)cc23)CC1. The Morgan fingerprint density at radius 1 is 0.971 bits per heavy atom. The van der Waals surface area contributed by atoms with Crippen molar-refractivity contribution in [3.8, 4) is 11.1 Å². The van der Waals surface area contributed by atoms with Crippen molar-refractivity contribution in [2.45, 2.75) is 32.6 Å². The number of aromatic nitrogens is 2. The highest BCUT2D eigenvalue weighted by atomic mass is 16.6. The minimum absolute atomic E-state index is 0.216. The number of nitrogens with zero attached hydrogens (tertiary/aromatic N) is 5. The van der Waals surface area contributed by atoms with E-state index in [2.05, 4.69) is 64.4 Å². The molecule has 0 bridgehead atoms. The Labute approximate surface area is 201 Å². The molecule has 1 amide bonds. The summed E-state index contributed by atoms with van der Waals surface area (Å²) in [4.78, 5) is 18.7. The Kier molecular flexibility index (Phi) is 6.72. The van der Waals surface area contributed by atoms with E-state index in [-0.39, 0.29) is 6.09 Å². The number of carbonyl (C=O) groups is 1. The number of likely N-dealkylation sites (tertiary alicyclic amines) is 1. The molecule has 7 nitrogen and oxygen atoms in total. The summed E-state index contributed by atoms with van der Waals surface area (Å²) in [6.07, 6.45) is 6.25. The fourth-order valence-electron chi connectivity index (χ4n) is 5.30. The zero-order valence-electron chi connectivity index (χ0n) is 20.3. The van der Waals surface area contributed by atoms with Crippen LogP contribution in [-0.4, -0.2) is 77.9 Å². The number of benzene rings is 1. The average molecular weight is 462 g/mol. The topological polar surface area (TPSA) is 53.3 Å². The van der Waals surface area contributed by atoms with Crippen LogP contribution in [0, 0.1) is 0 Å². The zero-order valence-corrected chi connectivity index (χ0v) is 20.3. The van der Waals surface area contributed by atoms with Crippen LogP contribution in [-0.2, 0) is 4.74 Å². The number of fused-ring (bicyclic) bond motifs is 1. The van der Waals surface area contributed by atoms with Gasteiger partial charge in [0, 0.05) is 44.1 Å². The molecule has 34 heavy (non-hydrogen) atoms. The number of piperazine rings is 1. The second-order valence-corrected chi connectivity index (χ2v) is 9.28. The Hall–Kier alpha value is -3.06. The van der Waals surface area contributed by atoms with Gasteiger partial charge >= 0.3 is 6.09 Å². The third-order valence-corrected chi connectivity index (χ3v) is 7.38. The number of amides is 1. The molecule has 5 rings (SSSR count). The summed E-state index contributed by atoms with van der Waals surface area (Å²) in [5.74, 6) is 0.673. The molecule has 0 atom stereocenters. The molecule has 0 unspecified atom stereocenters. The number of piperidine rings is 1. The first-order valence-corrected chi connectivity index (χ1v) is 12.6. The van der Waals surface area contributed by atoms with Crippen molar-refractivity contribution < 1.29 is 9.53 Å². The van der Waals surface area contributed by atoms with Crippen LogP contribution >= 0.6 is 0 Å². The van der Waals surface area contributed by atoms with E-state index in [4.69, 9.17) is 4.74 Å². The largest absolute Gasteiger partial charge is 0.450 e. The second-order valence-electron chi connectivity index (χ2n) is 9.28. The van der Waals surface area contributed by atoms with E-state index in [0.29, 0.717) is 25.6 Å². The van der Waals surface area contributed by atoms with Gasteiger partial charge in [0.1, 0.15) is 0 Å². The minimum atomic E-state index is -0.216. The fraction of sp³-hybridized carbons (Fsp3) is 0.481. The highest BCUT2D eigenvalue weighted by Crippen LogP contribution is 2.32. The maximum absolute atomic E-state index is 12.0. The molecule has 2 aliphatic rings. The number of rotatable bonds is 5. The first-order valence-electron chi connectivity index (χ1n) is 12.6. The van der Waals surface area contributed by atoms with Crippen LogP contribution in [0.3, 0.4) is 0 Å². The van der Waals surface area contributed by atoms with Gasteiger partial charge in [0.05, 0.1) is 17.8 Å². The van der Waals surface area contributed by atoms with Crippen LogP contribution in [0.25, 0.3) is 16.6 Å². The first-order chi connectivity index (χ1) is 16.7. The highest BCUT2D eigenvalue weighted by molar-refractivity contribution is 5.80. The Morgan fingerprint density at radius 3 is 2.38 bits per heavy atom. The van der Waals surface area contributed by atoms with Gasteiger partial charge in [0.2, 0.25) is 0 Å². The lowest BCUT2D eigenvalue weighted by Crippen LogP contribution is -2.49. The third kappa shape index (κ3) is 4.62. The number of hydrogen-bond donors (Lipinski definition) is 0. The Balaban J connectivity index is 1.31. The molecule has 2 saturated heterocycles. The van der Waals surface area contributed by atoms with E-state index in [1.165, 1.54) is 42.6 Å². The van der Waals surface area contributed by atoms with Gasteiger partial charge in [-0.2, -0.15) is 5.10 Å². The van der Waals surface area contributed by atoms with Gasteiger partial charge in [-0.15, -0.1) is 0 Å². The predicted molar refractivity (Wildman–Crippen MR) is 136 cm³/mol. The van der Waals surface area contributed by atoms with Crippen LogP contribution in [0.4, 0.5) is 10.5 Å². The van der Waals surface area contributed by atoms with Crippen LogP contribution in [0.1, 0.15) is 38.2 Å². The number of anilines is 1. The van der Waals surface area contributed by atoms with E-state index in [0.717, 1.165) is 30.8 Å². The molecule has 0 N–H and O–H groups in total. The van der Waals surface area contributed by atoms with Gasteiger partial charge in [0.15, 0.2) is 0 Å². The van der Waals surface area contributed by atoms with Gasteiger partial charge in [-0.05, 0) is 68.6 Å².